The lowest BCUT2D eigenvalue weighted by Gasteiger charge is -2.44. The number of hydrogen-bond acceptors (Lipinski definition) is 5. The number of anilines is 1. The molecule has 1 aromatic rings. The Morgan fingerprint density at radius 1 is 1.31 bits per heavy atom. The summed E-state index contributed by atoms with van der Waals surface area (Å²) in [6.07, 6.45) is 0.932. The number of likely N-dealkylation sites (tertiary alicyclic amines) is 1. The second-order valence-electron chi connectivity index (χ2n) is 7.44. The number of fused-ring (bicyclic) bond motifs is 3. The summed E-state index contributed by atoms with van der Waals surface area (Å²) in [4.78, 5) is 19.5. The molecular weight excluding hydrogens is 398 g/mol. The molecule has 2 fully saturated rings. The molecule has 0 aromatic heterocycles. The highest BCUT2D eigenvalue weighted by atomic mass is 79.9. The van der Waals surface area contributed by atoms with Gasteiger partial charge in [-0.05, 0) is 30.2 Å². The molecule has 3 atom stereocenters. The van der Waals surface area contributed by atoms with E-state index in [1.807, 2.05) is 18.0 Å². The van der Waals surface area contributed by atoms with Gasteiger partial charge in [-0.3, -0.25) is 9.69 Å². The quantitative estimate of drug-likeness (QED) is 0.797. The lowest BCUT2D eigenvalue weighted by Crippen LogP contribution is -2.50. The van der Waals surface area contributed by atoms with Crippen molar-refractivity contribution in [3.63, 3.8) is 0 Å². The SMILES string of the molecule is CN1c2ccc(Br)cc2[C@@H]2[C@@H](CCN2C(=O)CN2CCOCC2)[C@@H]1CO. The van der Waals surface area contributed by atoms with E-state index in [0.717, 1.165) is 36.2 Å². The van der Waals surface area contributed by atoms with E-state index in [0.29, 0.717) is 19.8 Å². The minimum Gasteiger partial charge on any atom is -0.394 e. The number of rotatable bonds is 3. The Bertz CT molecular complexity index is 680. The Morgan fingerprint density at radius 2 is 2.08 bits per heavy atom. The van der Waals surface area contributed by atoms with Gasteiger partial charge in [0.15, 0.2) is 0 Å². The highest BCUT2D eigenvalue weighted by molar-refractivity contribution is 9.10. The zero-order valence-corrected chi connectivity index (χ0v) is 16.7. The largest absolute Gasteiger partial charge is 0.394 e. The molecule has 7 heteroatoms. The van der Waals surface area contributed by atoms with E-state index in [2.05, 4.69) is 37.9 Å². The number of carbonyl (C=O) groups is 1. The number of ether oxygens (including phenoxy) is 1. The monoisotopic (exact) mass is 423 g/mol. The molecule has 6 nitrogen and oxygen atoms in total. The maximum absolute atomic E-state index is 13.1. The van der Waals surface area contributed by atoms with Crippen molar-refractivity contribution >= 4 is 27.5 Å². The van der Waals surface area contributed by atoms with Gasteiger partial charge in [-0.15, -0.1) is 0 Å². The molecule has 4 rings (SSSR count). The molecule has 0 bridgehead atoms. The molecule has 0 aliphatic carbocycles. The summed E-state index contributed by atoms with van der Waals surface area (Å²) >= 11 is 3.58. The molecule has 1 amide bonds. The Morgan fingerprint density at radius 3 is 2.81 bits per heavy atom. The Kier molecular flexibility index (Phi) is 5.23. The van der Waals surface area contributed by atoms with Gasteiger partial charge in [0.2, 0.25) is 5.91 Å². The number of morpholine rings is 1. The maximum Gasteiger partial charge on any atom is 0.237 e. The van der Waals surface area contributed by atoms with E-state index < -0.39 is 0 Å². The molecule has 3 aliphatic rings. The number of nitrogens with zero attached hydrogens (tertiary/aromatic N) is 3. The summed E-state index contributed by atoms with van der Waals surface area (Å²) in [5.74, 6) is 0.451. The summed E-state index contributed by atoms with van der Waals surface area (Å²) in [5, 5.41) is 10.00. The first-order valence-electron chi connectivity index (χ1n) is 9.33. The summed E-state index contributed by atoms with van der Waals surface area (Å²) < 4.78 is 6.41. The number of benzene rings is 1. The summed E-state index contributed by atoms with van der Waals surface area (Å²) in [6.45, 7) is 4.36. The fourth-order valence-corrected chi connectivity index (χ4v) is 5.12. The molecule has 0 unspecified atom stereocenters. The van der Waals surface area contributed by atoms with E-state index >= 15 is 0 Å². The Labute approximate surface area is 162 Å². The highest BCUT2D eigenvalue weighted by Gasteiger charge is 2.47. The zero-order chi connectivity index (χ0) is 18.3. The molecule has 142 valence electrons. The second-order valence-corrected chi connectivity index (χ2v) is 8.35. The lowest BCUT2D eigenvalue weighted by molar-refractivity contribution is -0.135. The Balaban J connectivity index is 1.62. The third kappa shape index (κ3) is 3.15. The van der Waals surface area contributed by atoms with E-state index in [1.165, 1.54) is 5.56 Å². The average Bonchev–Trinajstić information content (AvgIpc) is 3.08. The molecular formula is C19H26BrN3O3. The number of carbonyl (C=O) groups excluding carboxylic acids is 1. The standard InChI is InChI=1S/C19H26BrN3O3/c1-21-16-3-2-13(20)10-15(16)19-14(17(21)12-24)4-5-23(19)18(25)11-22-6-8-26-9-7-22/h2-3,10,14,17,19,24H,4-9,11-12H2,1H3/t14-,17-,19-/m0/s1. The summed E-state index contributed by atoms with van der Waals surface area (Å²) in [7, 11) is 2.04. The Hall–Kier alpha value is -1.15. The van der Waals surface area contributed by atoms with Crippen LogP contribution in [0, 0.1) is 5.92 Å². The fraction of sp³-hybridized carbons (Fsp3) is 0.632. The predicted molar refractivity (Wildman–Crippen MR) is 103 cm³/mol. The van der Waals surface area contributed by atoms with Gasteiger partial charge < -0.3 is 19.6 Å². The van der Waals surface area contributed by atoms with Crippen molar-refractivity contribution in [3.8, 4) is 0 Å². The van der Waals surface area contributed by atoms with Gasteiger partial charge in [0.25, 0.3) is 0 Å². The van der Waals surface area contributed by atoms with Crippen molar-refractivity contribution in [3.05, 3.63) is 28.2 Å². The van der Waals surface area contributed by atoms with Gasteiger partial charge in [-0.2, -0.15) is 0 Å². The summed E-state index contributed by atoms with van der Waals surface area (Å²) in [6, 6.07) is 6.34. The molecule has 0 spiro atoms. The van der Waals surface area contributed by atoms with Crippen molar-refractivity contribution in [2.45, 2.75) is 18.5 Å². The molecule has 1 N–H and O–H groups in total. The molecule has 0 saturated carbocycles. The summed E-state index contributed by atoms with van der Waals surface area (Å²) in [5.41, 5.74) is 2.30. The van der Waals surface area contributed by atoms with Crippen molar-refractivity contribution in [1.82, 2.24) is 9.80 Å². The van der Waals surface area contributed by atoms with Crippen LogP contribution in [0.2, 0.25) is 0 Å². The van der Waals surface area contributed by atoms with Crippen molar-refractivity contribution in [2.24, 2.45) is 5.92 Å². The number of halogens is 1. The third-order valence-corrected chi connectivity index (χ3v) is 6.59. The van der Waals surface area contributed by atoms with E-state index in [-0.39, 0.29) is 30.5 Å². The molecule has 2 saturated heterocycles. The number of aliphatic hydroxyl groups is 1. The van der Waals surface area contributed by atoms with Crippen LogP contribution in [0.1, 0.15) is 18.0 Å². The predicted octanol–water partition coefficient (Wildman–Crippen LogP) is 1.48. The first-order valence-corrected chi connectivity index (χ1v) is 10.1. The number of amides is 1. The van der Waals surface area contributed by atoms with Gasteiger partial charge in [0, 0.05) is 42.8 Å². The molecule has 0 radical (unpaired) electrons. The number of hydrogen-bond donors (Lipinski definition) is 1. The van der Waals surface area contributed by atoms with Gasteiger partial charge in [-0.25, -0.2) is 0 Å². The average molecular weight is 424 g/mol. The molecule has 3 heterocycles. The highest BCUT2D eigenvalue weighted by Crippen LogP contribution is 2.49. The maximum atomic E-state index is 13.1. The van der Waals surface area contributed by atoms with Crippen molar-refractivity contribution < 1.29 is 14.6 Å². The molecule has 1 aromatic carbocycles. The number of aliphatic hydroxyl groups excluding tert-OH is 1. The van der Waals surface area contributed by atoms with Crippen LogP contribution in [-0.2, 0) is 9.53 Å². The zero-order valence-electron chi connectivity index (χ0n) is 15.1. The van der Waals surface area contributed by atoms with E-state index in [9.17, 15) is 9.90 Å². The van der Waals surface area contributed by atoms with Crippen LogP contribution < -0.4 is 4.90 Å². The lowest BCUT2D eigenvalue weighted by atomic mass is 9.82. The van der Waals surface area contributed by atoms with Crippen LogP contribution in [0.3, 0.4) is 0 Å². The van der Waals surface area contributed by atoms with Crippen LogP contribution >= 0.6 is 15.9 Å². The van der Waals surface area contributed by atoms with Crippen LogP contribution in [0.4, 0.5) is 5.69 Å². The normalized spacial score (nSPS) is 28.8. The third-order valence-electron chi connectivity index (χ3n) is 6.09. The van der Waals surface area contributed by atoms with Gasteiger partial charge in [0.1, 0.15) is 0 Å². The van der Waals surface area contributed by atoms with Crippen molar-refractivity contribution in [1.29, 1.82) is 0 Å². The molecule has 3 aliphatic heterocycles. The van der Waals surface area contributed by atoms with Crippen molar-refractivity contribution in [2.75, 3.05) is 57.9 Å². The van der Waals surface area contributed by atoms with Crippen LogP contribution in [0.15, 0.2) is 22.7 Å². The van der Waals surface area contributed by atoms with Gasteiger partial charge >= 0.3 is 0 Å². The minimum absolute atomic E-state index is 0.0457. The first kappa shape index (κ1) is 18.2. The first-order chi connectivity index (χ1) is 12.6. The van der Waals surface area contributed by atoms with Crippen LogP contribution in [0.5, 0.6) is 0 Å². The minimum atomic E-state index is 0.0457. The van der Waals surface area contributed by atoms with Crippen LogP contribution in [-0.4, -0.2) is 79.9 Å². The van der Waals surface area contributed by atoms with Gasteiger partial charge in [-0.1, -0.05) is 15.9 Å². The van der Waals surface area contributed by atoms with Crippen LogP contribution in [0.25, 0.3) is 0 Å². The van der Waals surface area contributed by atoms with E-state index in [1.54, 1.807) is 0 Å². The second kappa shape index (κ2) is 7.46. The van der Waals surface area contributed by atoms with Gasteiger partial charge in [0.05, 0.1) is 38.4 Å². The fourth-order valence-electron chi connectivity index (χ4n) is 4.75. The smallest absolute Gasteiger partial charge is 0.237 e. The number of likely N-dealkylation sites (N-methyl/N-ethyl adjacent to an activating group) is 1. The van der Waals surface area contributed by atoms with E-state index in [4.69, 9.17) is 4.74 Å². The topological polar surface area (TPSA) is 56.2 Å². The molecule has 26 heavy (non-hydrogen) atoms.